The summed E-state index contributed by atoms with van der Waals surface area (Å²) in [7, 11) is 0. The van der Waals surface area contributed by atoms with Crippen molar-refractivity contribution in [2.24, 2.45) is 0 Å². The predicted molar refractivity (Wildman–Crippen MR) is 77.8 cm³/mol. The van der Waals surface area contributed by atoms with Crippen LogP contribution >= 0.6 is 0 Å². The SMILES string of the molecule is c1cc(CNc2nnc(C3CCC3)o2)cc(-c2nn[nH]n2)c1. The first kappa shape index (κ1) is 12.9. The smallest absolute Gasteiger partial charge is 0.315 e. The van der Waals surface area contributed by atoms with Crippen LogP contribution in [-0.4, -0.2) is 30.8 Å². The third kappa shape index (κ3) is 2.54. The highest BCUT2D eigenvalue weighted by Gasteiger charge is 2.25. The normalized spacial score (nSPS) is 14.7. The number of aromatic amines is 1. The zero-order valence-corrected chi connectivity index (χ0v) is 11.9. The molecule has 0 spiro atoms. The molecule has 1 saturated carbocycles. The van der Waals surface area contributed by atoms with Gasteiger partial charge in [-0.15, -0.1) is 15.3 Å². The molecule has 0 atom stereocenters. The lowest BCUT2D eigenvalue weighted by Gasteiger charge is -2.20. The topological polar surface area (TPSA) is 105 Å². The van der Waals surface area contributed by atoms with Crippen LogP contribution in [-0.2, 0) is 6.54 Å². The maximum Gasteiger partial charge on any atom is 0.315 e. The number of hydrogen-bond donors (Lipinski definition) is 2. The van der Waals surface area contributed by atoms with Gasteiger partial charge in [0.15, 0.2) is 0 Å². The van der Waals surface area contributed by atoms with E-state index in [-0.39, 0.29) is 0 Å². The fraction of sp³-hybridized carbons (Fsp3) is 0.357. The van der Waals surface area contributed by atoms with Gasteiger partial charge in [-0.05, 0) is 29.7 Å². The van der Waals surface area contributed by atoms with Gasteiger partial charge in [0.05, 0.1) is 0 Å². The number of aromatic nitrogens is 6. The molecule has 0 unspecified atom stereocenters. The molecule has 1 fully saturated rings. The van der Waals surface area contributed by atoms with Crippen LogP contribution in [0.4, 0.5) is 6.01 Å². The third-order valence-electron chi connectivity index (χ3n) is 3.87. The first-order valence-electron chi connectivity index (χ1n) is 7.28. The van der Waals surface area contributed by atoms with Crippen molar-refractivity contribution in [3.8, 4) is 11.4 Å². The van der Waals surface area contributed by atoms with Crippen molar-refractivity contribution in [2.45, 2.75) is 31.7 Å². The van der Waals surface area contributed by atoms with Crippen LogP contribution in [0, 0.1) is 0 Å². The number of nitrogens with one attached hydrogen (secondary N) is 2. The van der Waals surface area contributed by atoms with Crippen LogP contribution in [0.2, 0.25) is 0 Å². The molecule has 1 aliphatic rings. The van der Waals surface area contributed by atoms with Gasteiger partial charge in [-0.1, -0.05) is 29.7 Å². The van der Waals surface area contributed by atoms with Crippen LogP contribution in [0.3, 0.4) is 0 Å². The maximum absolute atomic E-state index is 5.64. The zero-order valence-electron chi connectivity index (χ0n) is 11.9. The summed E-state index contributed by atoms with van der Waals surface area (Å²) in [6.45, 7) is 0.595. The molecule has 0 radical (unpaired) electrons. The molecule has 2 heterocycles. The average Bonchev–Trinajstić information content (AvgIpc) is 3.15. The van der Waals surface area contributed by atoms with E-state index in [2.05, 4.69) is 36.1 Å². The highest BCUT2D eigenvalue weighted by molar-refractivity contribution is 5.55. The molecule has 8 heteroatoms. The van der Waals surface area contributed by atoms with Gasteiger partial charge in [0.25, 0.3) is 0 Å². The Morgan fingerprint density at radius 2 is 2.18 bits per heavy atom. The Balaban J connectivity index is 1.43. The summed E-state index contributed by atoms with van der Waals surface area (Å²) >= 11 is 0. The number of H-pyrrole nitrogens is 1. The Morgan fingerprint density at radius 3 is 2.95 bits per heavy atom. The molecular weight excluding hydrogens is 282 g/mol. The molecule has 22 heavy (non-hydrogen) atoms. The Bertz CT molecular complexity index is 748. The van der Waals surface area contributed by atoms with Crippen molar-refractivity contribution in [2.75, 3.05) is 5.32 Å². The summed E-state index contributed by atoms with van der Waals surface area (Å²) in [6, 6.07) is 8.37. The first-order chi connectivity index (χ1) is 10.9. The molecule has 3 aromatic rings. The molecule has 8 nitrogen and oxygen atoms in total. The summed E-state index contributed by atoms with van der Waals surface area (Å²) in [5, 5.41) is 25.3. The maximum atomic E-state index is 5.64. The number of rotatable bonds is 5. The standard InChI is InChI=1S/C14H15N7O/c1-3-9(7-11(6-1)12-16-20-21-17-12)8-15-14-19-18-13(22-14)10-4-2-5-10/h1,3,6-7,10H,2,4-5,8H2,(H,15,19)(H,16,17,20,21). The van der Waals surface area contributed by atoms with E-state index in [1.54, 1.807) is 0 Å². The van der Waals surface area contributed by atoms with E-state index in [1.807, 2.05) is 24.3 Å². The van der Waals surface area contributed by atoms with Crippen molar-refractivity contribution >= 4 is 6.01 Å². The molecule has 1 aliphatic carbocycles. The molecule has 2 N–H and O–H groups in total. The second-order valence-electron chi connectivity index (χ2n) is 5.36. The Kier molecular flexibility index (Phi) is 3.26. The summed E-state index contributed by atoms with van der Waals surface area (Å²) in [4.78, 5) is 0. The Morgan fingerprint density at radius 1 is 1.23 bits per heavy atom. The molecule has 0 aliphatic heterocycles. The molecule has 0 amide bonds. The average molecular weight is 297 g/mol. The van der Waals surface area contributed by atoms with Gasteiger partial charge in [0.2, 0.25) is 11.7 Å². The van der Waals surface area contributed by atoms with Crippen molar-refractivity contribution in [1.82, 2.24) is 30.8 Å². The third-order valence-corrected chi connectivity index (χ3v) is 3.87. The monoisotopic (exact) mass is 297 g/mol. The van der Waals surface area contributed by atoms with Crippen LogP contribution in [0.1, 0.15) is 36.6 Å². The van der Waals surface area contributed by atoms with Crippen LogP contribution < -0.4 is 5.32 Å². The van der Waals surface area contributed by atoms with E-state index >= 15 is 0 Å². The van der Waals surface area contributed by atoms with E-state index in [0.717, 1.165) is 29.9 Å². The lowest BCUT2D eigenvalue weighted by Crippen LogP contribution is -2.08. The van der Waals surface area contributed by atoms with Crippen molar-refractivity contribution in [3.05, 3.63) is 35.7 Å². The molecule has 1 aromatic carbocycles. The fourth-order valence-electron chi connectivity index (χ4n) is 2.41. The molecule has 4 rings (SSSR count). The first-order valence-corrected chi connectivity index (χ1v) is 7.28. The quantitative estimate of drug-likeness (QED) is 0.743. The lowest BCUT2D eigenvalue weighted by molar-refractivity contribution is 0.338. The molecule has 0 bridgehead atoms. The number of hydrogen-bond acceptors (Lipinski definition) is 7. The van der Waals surface area contributed by atoms with Gasteiger partial charge in [-0.25, -0.2) is 0 Å². The lowest BCUT2D eigenvalue weighted by atomic mass is 9.85. The minimum atomic E-state index is 0.449. The van der Waals surface area contributed by atoms with Gasteiger partial charge in [0, 0.05) is 18.0 Å². The van der Waals surface area contributed by atoms with Gasteiger partial charge >= 0.3 is 6.01 Å². The zero-order chi connectivity index (χ0) is 14.8. The Hall–Kier alpha value is -2.77. The molecule has 2 aromatic heterocycles. The molecule has 112 valence electrons. The fourth-order valence-corrected chi connectivity index (χ4v) is 2.41. The summed E-state index contributed by atoms with van der Waals surface area (Å²) in [6.07, 6.45) is 3.54. The van der Waals surface area contributed by atoms with Crippen molar-refractivity contribution in [3.63, 3.8) is 0 Å². The summed E-state index contributed by atoms with van der Waals surface area (Å²) < 4.78 is 5.64. The Labute approximate surface area is 126 Å². The molecular formula is C14H15N7O. The van der Waals surface area contributed by atoms with Gasteiger partial charge in [-0.3, -0.25) is 0 Å². The highest BCUT2D eigenvalue weighted by atomic mass is 16.4. The summed E-state index contributed by atoms with van der Waals surface area (Å²) in [5.41, 5.74) is 1.99. The van der Waals surface area contributed by atoms with E-state index in [0.29, 0.717) is 24.3 Å². The van der Waals surface area contributed by atoms with E-state index in [1.165, 1.54) is 6.42 Å². The molecule has 0 saturated heterocycles. The van der Waals surface area contributed by atoms with E-state index in [4.69, 9.17) is 4.42 Å². The van der Waals surface area contributed by atoms with Gasteiger partial charge in [0.1, 0.15) is 0 Å². The predicted octanol–water partition coefficient (Wildman–Crippen LogP) is 2.13. The second kappa shape index (κ2) is 5.55. The van der Waals surface area contributed by atoms with E-state index in [9.17, 15) is 0 Å². The van der Waals surface area contributed by atoms with Crippen molar-refractivity contribution < 1.29 is 4.42 Å². The highest BCUT2D eigenvalue weighted by Crippen LogP contribution is 2.35. The van der Waals surface area contributed by atoms with Gasteiger partial charge < -0.3 is 9.73 Å². The minimum absolute atomic E-state index is 0.449. The van der Waals surface area contributed by atoms with Crippen molar-refractivity contribution in [1.29, 1.82) is 0 Å². The van der Waals surface area contributed by atoms with Crippen LogP contribution in [0.15, 0.2) is 28.7 Å². The van der Waals surface area contributed by atoms with Crippen LogP contribution in [0.5, 0.6) is 0 Å². The van der Waals surface area contributed by atoms with Crippen LogP contribution in [0.25, 0.3) is 11.4 Å². The van der Waals surface area contributed by atoms with Gasteiger partial charge in [-0.2, -0.15) is 5.21 Å². The number of benzene rings is 1. The minimum Gasteiger partial charge on any atom is -0.408 e. The number of tetrazole rings is 1. The number of anilines is 1. The number of nitrogens with zero attached hydrogens (tertiary/aromatic N) is 5. The largest absolute Gasteiger partial charge is 0.408 e. The second-order valence-corrected chi connectivity index (χ2v) is 5.36. The summed E-state index contributed by atoms with van der Waals surface area (Å²) in [5.74, 6) is 1.77. The van der Waals surface area contributed by atoms with E-state index < -0.39 is 0 Å².